The minimum absolute atomic E-state index is 0.0424. The van der Waals surface area contributed by atoms with Gasteiger partial charge in [-0.25, -0.2) is 4.79 Å². The molecule has 0 spiro atoms. The fraction of sp³-hybridized carbons (Fsp3) is 0.152. The number of amides is 3. The van der Waals surface area contributed by atoms with Crippen molar-refractivity contribution in [1.82, 2.24) is 10.6 Å². The topological polar surface area (TPSA) is 105 Å². The first-order valence-corrected chi connectivity index (χ1v) is 13.6. The zero-order valence-electron chi connectivity index (χ0n) is 23.0. The minimum Gasteiger partial charge on any atom is -0.445 e. The minimum atomic E-state index is -1.00. The molecule has 4 aromatic carbocycles. The van der Waals surface area contributed by atoms with E-state index in [2.05, 4.69) is 10.6 Å². The van der Waals surface area contributed by atoms with Crippen molar-refractivity contribution in [2.75, 3.05) is 18.5 Å². The summed E-state index contributed by atoms with van der Waals surface area (Å²) in [5.41, 5.74) is 2.66. The van der Waals surface area contributed by atoms with E-state index < -0.39 is 23.9 Å². The van der Waals surface area contributed by atoms with E-state index in [-0.39, 0.29) is 30.9 Å². The highest BCUT2D eigenvalue weighted by Crippen LogP contribution is 2.26. The maximum Gasteiger partial charge on any atom is 0.408 e. The molecule has 4 rings (SSSR count). The first-order chi connectivity index (χ1) is 20.3. The Kier molecular flexibility index (Phi) is 10.4. The normalized spacial score (nSPS) is 11.2. The van der Waals surface area contributed by atoms with Crippen LogP contribution in [0.4, 0.5) is 10.5 Å². The molecule has 0 heterocycles. The molecule has 0 bridgehead atoms. The van der Waals surface area contributed by atoms with Gasteiger partial charge in [-0.3, -0.25) is 14.4 Å². The molecule has 0 aromatic heterocycles. The van der Waals surface area contributed by atoms with Crippen molar-refractivity contribution < 1.29 is 23.9 Å². The number of halogens is 1. The van der Waals surface area contributed by atoms with Crippen molar-refractivity contribution in [2.24, 2.45) is 0 Å². The Bertz CT molecular complexity index is 1530. The highest BCUT2D eigenvalue weighted by molar-refractivity contribution is 6.31. The Morgan fingerprint density at radius 3 is 2.05 bits per heavy atom. The lowest BCUT2D eigenvalue weighted by atomic mass is 10.0. The largest absolute Gasteiger partial charge is 0.445 e. The van der Waals surface area contributed by atoms with Crippen LogP contribution in [0.1, 0.15) is 27.0 Å². The van der Waals surface area contributed by atoms with Crippen LogP contribution >= 0.6 is 11.6 Å². The van der Waals surface area contributed by atoms with Gasteiger partial charge >= 0.3 is 6.09 Å². The number of carbonyl (C=O) groups excluding carboxylic acids is 4. The van der Waals surface area contributed by atoms with Crippen molar-refractivity contribution in [3.63, 3.8) is 0 Å². The molecule has 4 aromatic rings. The van der Waals surface area contributed by atoms with Gasteiger partial charge in [0.15, 0.2) is 5.78 Å². The highest BCUT2D eigenvalue weighted by atomic mass is 35.5. The average molecular weight is 584 g/mol. The number of ketones is 1. The van der Waals surface area contributed by atoms with Crippen molar-refractivity contribution in [1.29, 1.82) is 0 Å². The number of anilines is 1. The van der Waals surface area contributed by atoms with E-state index in [4.69, 9.17) is 16.3 Å². The quantitative estimate of drug-likeness (QED) is 0.237. The maximum atomic E-state index is 13.2. The second kappa shape index (κ2) is 14.6. The fourth-order valence-corrected chi connectivity index (χ4v) is 4.40. The first-order valence-electron chi connectivity index (χ1n) is 13.3. The third-order valence-electron chi connectivity index (χ3n) is 6.49. The van der Waals surface area contributed by atoms with Crippen LogP contribution in [0.15, 0.2) is 109 Å². The summed E-state index contributed by atoms with van der Waals surface area (Å²) in [4.78, 5) is 53.4. The van der Waals surface area contributed by atoms with Gasteiger partial charge in [-0.05, 0) is 29.3 Å². The molecule has 8 nitrogen and oxygen atoms in total. The van der Waals surface area contributed by atoms with Crippen LogP contribution in [0.25, 0.3) is 0 Å². The van der Waals surface area contributed by atoms with Crippen LogP contribution < -0.4 is 15.5 Å². The average Bonchev–Trinajstić information content (AvgIpc) is 3.02. The van der Waals surface area contributed by atoms with Crippen LogP contribution in [0.5, 0.6) is 0 Å². The lowest BCUT2D eigenvalue weighted by molar-refractivity contribution is -0.126. The van der Waals surface area contributed by atoms with Crippen molar-refractivity contribution in [2.45, 2.75) is 19.1 Å². The van der Waals surface area contributed by atoms with Gasteiger partial charge in [0.05, 0.1) is 12.2 Å². The predicted molar refractivity (Wildman–Crippen MR) is 161 cm³/mol. The molecule has 0 saturated heterocycles. The molecule has 0 aliphatic rings. The fourth-order valence-electron chi connectivity index (χ4n) is 4.23. The Balaban J connectivity index is 1.43. The second-order valence-corrected chi connectivity index (χ2v) is 9.91. The number of carbonyl (C=O) groups is 4. The summed E-state index contributed by atoms with van der Waals surface area (Å²) in [6, 6.07) is 30.7. The van der Waals surface area contributed by atoms with E-state index >= 15 is 0 Å². The van der Waals surface area contributed by atoms with Gasteiger partial charge in [0.2, 0.25) is 11.8 Å². The summed E-state index contributed by atoms with van der Waals surface area (Å²) in [5, 5.41) is 5.57. The molecule has 2 N–H and O–H groups in total. The van der Waals surface area contributed by atoms with Gasteiger partial charge in [-0.15, -0.1) is 0 Å². The third kappa shape index (κ3) is 8.28. The molecule has 0 radical (unpaired) electrons. The number of likely N-dealkylation sites (N-methyl/N-ethyl adjacent to an activating group) is 1. The van der Waals surface area contributed by atoms with E-state index in [0.717, 1.165) is 11.1 Å². The van der Waals surface area contributed by atoms with E-state index in [0.29, 0.717) is 16.3 Å². The molecule has 0 aliphatic heterocycles. The van der Waals surface area contributed by atoms with Crippen molar-refractivity contribution >= 4 is 41.0 Å². The summed E-state index contributed by atoms with van der Waals surface area (Å²) >= 11 is 6.18. The number of ether oxygens (including phenoxy) is 1. The Labute approximate surface area is 249 Å². The van der Waals surface area contributed by atoms with Crippen LogP contribution in [-0.2, 0) is 27.4 Å². The molecule has 3 amide bonds. The summed E-state index contributed by atoms with van der Waals surface area (Å²) in [6.07, 6.45) is -0.576. The standard InChI is InChI=1S/C33H30ClN3O5/c1-37(29-18-17-26(34)20-27(29)31(39)25-15-9-4-10-16-25)30(38)21-35-32(40)28(19-23-11-5-2-6-12-23)36-33(41)42-22-24-13-7-3-8-14-24/h2-18,20,28H,19,21-22H2,1H3,(H,35,40)(H,36,41)/t28-/m0/s1. The molecule has 214 valence electrons. The molecule has 0 saturated carbocycles. The maximum absolute atomic E-state index is 13.2. The van der Waals surface area contributed by atoms with E-state index in [1.165, 1.54) is 18.0 Å². The molecule has 0 unspecified atom stereocenters. The number of hydrogen-bond acceptors (Lipinski definition) is 5. The molecule has 9 heteroatoms. The van der Waals surface area contributed by atoms with E-state index in [9.17, 15) is 19.2 Å². The monoisotopic (exact) mass is 583 g/mol. The summed E-state index contributed by atoms with van der Waals surface area (Å²) in [5.74, 6) is -1.33. The van der Waals surface area contributed by atoms with E-state index in [1.54, 1.807) is 42.5 Å². The van der Waals surface area contributed by atoms with Gasteiger partial charge in [-0.1, -0.05) is 103 Å². The summed E-state index contributed by atoms with van der Waals surface area (Å²) in [7, 11) is 1.51. The lowest BCUT2D eigenvalue weighted by Gasteiger charge is -2.22. The van der Waals surface area contributed by atoms with Crippen LogP contribution in [0.3, 0.4) is 0 Å². The van der Waals surface area contributed by atoms with Gasteiger partial charge in [0.1, 0.15) is 12.6 Å². The van der Waals surface area contributed by atoms with Crippen molar-refractivity contribution in [3.05, 3.63) is 136 Å². The predicted octanol–water partition coefficient (Wildman–Crippen LogP) is 5.19. The smallest absolute Gasteiger partial charge is 0.408 e. The Hall–Kier alpha value is -4.95. The zero-order valence-corrected chi connectivity index (χ0v) is 23.7. The molecular weight excluding hydrogens is 554 g/mol. The Morgan fingerprint density at radius 2 is 1.40 bits per heavy atom. The molecule has 42 heavy (non-hydrogen) atoms. The summed E-state index contributed by atoms with van der Waals surface area (Å²) in [6.45, 7) is -0.330. The molecule has 1 atom stereocenters. The highest BCUT2D eigenvalue weighted by Gasteiger charge is 2.25. The molecule has 0 aliphatic carbocycles. The number of benzene rings is 4. The number of rotatable bonds is 11. The Morgan fingerprint density at radius 1 is 0.810 bits per heavy atom. The van der Waals surface area contributed by atoms with Gasteiger partial charge in [-0.2, -0.15) is 0 Å². The van der Waals surface area contributed by atoms with Crippen LogP contribution in [-0.4, -0.2) is 43.3 Å². The SMILES string of the molecule is CN(C(=O)CNC(=O)[C@H](Cc1ccccc1)NC(=O)OCc1ccccc1)c1ccc(Cl)cc1C(=O)c1ccccc1. The summed E-state index contributed by atoms with van der Waals surface area (Å²) < 4.78 is 5.30. The second-order valence-electron chi connectivity index (χ2n) is 9.48. The molecular formula is C33H30ClN3O5. The van der Waals surface area contributed by atoms with Crippen LogP contribution in [0.2, 0.25) is 5.02 Å². The zero-order chi connectivity index (χ0) is 29.9. The number of hydrogen-bond donors (Lipinski definition) is 2. The van der Waals surface area contributed by atoms with Crippen molar-refractivity contribution in [3.8, 4) is 0 Å². The number of alkyl carbamates (subject to hydrolysis) is 1. The lowest BCUT2D eigenvalue weighted by Crippen LogP contribution is -2.50. The van der Waals surface area contributed by atoms with Gasteiger partial charge < -0.3 is 20.3 Å². The third-order valence-corrected chi connectivity index (χ3v) is 6.73. The number of nitrogens with zero attached hydrogens (tertiary/aromatic N) is 1. The number of nitrogens with one attached hydrogen (secondary N) is 2. The first kappa shape index (κ1) is 30.0. The van der Waals surface area contributed by atoms with Crippen LogP contribution in [0, 0.1) is 0 Å². The molecule has 0 fully saturated rings. The van der Waals surface area contributed by atoms with E-state index in [1.807, 2.05) is 60.7 Å². The van der Waals surface area contributed by atoms with Gasteiger partial charge in [0, 0.05) is 29.6 Å². The van der Waals surface area contributed by atoms with Gasteiger partial charge in [0.25, 0.3) is 0 Å².